The minimum Gasteiger partial charge on any atom is -0.465 e. The van der Waals surface area contributed by atoms with Gasteiger partial charge in [-0.1, -0.05) is 25.7 Å². The number of methoxy groups -OCH3 is 1. The van der Waals surface area contributed by atoms with E-state index in [4.69, 9.17) is 14.2 Å². The molecule has 0 N–H and O–H groups in total. The molecule has 1 unspecified atom stereocenters. The lowest BCUT2D eigenvalue weighted by atomic mass is 9.89. The molecule has 2 bridgehead atoms. The minimum atomic E-state index is -0.784. The summed E-state index contributed by atoms with van der Waals surface area (Å²) in [4.78, 5) is 12.2. The Morgan fingerprint density at radius 3 is 2.60 bits per heavy atom. The molecular formula is C16H28O4. The maximum atomic E-state index is 12.2. The molecule has 4 nitrogen and oxygen atoms in total. The molecule has 0 amide bonds. The van der Waals surface area contributed by atoms with Crippen molar-refractivity contribution in [3.63, 3.8) is 0 Å². The molecule has 0 radical (unpaired) electrons. The number of ether oxygens (including phenoxy) is 3. The number of rotatable bonds is 1. The number of hydrogen-bond donors (Lipinski definition) is 0. The van der Waals surface area contributed by atoms with Crippen LogP contribution in [0.4, 0.5) is 0 Å². The van der Waals surface area contributed by atoms with Crippen LogP contribution in [-0.4, -0.2) is 31.6 Å². The zero-order chi connectivity index (χ0) is 14.4. The molecular weight excluding hydrogens is 256 g/mol. The molecule has 0 aromatic rings. The van der Waals surface area contributed by atoms with Gasteiger partial charge >= 0.3 is 5.97 Å². The summed E-state index contributed by atoms with van der Waals surface area (Å²) >= 11 is 0. The molecule has 3 atom stereocenters. The van der Waals surface area contributed by atoms with E-state index in [9.17, 15) is 4.79 Å². The van der Waals surface area contributed by atoms with Gasteiger partial charge in [0.15, 0.2) is 5.79 Å². The van der Waals surface area contributed by atoms with Crippen LogP contribution in [0.25, 0.3) is 0 Å². The molecule has 2 aliphatic rings. The summed E-state index contributed by atoms with van der Waals surface area (Å²) in [6, 6.07) is 0. The third kappa shape index (κ3) is 3.73. The molecule has 116 valence electrons. The van der Waals surface area contributed by atoms with Gasteiger partial charge in [0.25, 0.3) is 0 Å². The Hall–Kier alpha value is -0.610. The highest BCUT2D eigenvalue weighted by atomic mass is 16.7. The average Bonchev–Trinajstić information content (AvgIpc) is 2.48. The Labute approximate surface area is 122 Å². The van der Waals surface area contributed by atoms with E-state index in [1.165, 1.54) is 19.3 Å². The van der Waals surface area contributed by atoms with Crippen molar-refractivity contribution in [2.45, 2.75) is 76.6 Å². The van der Waals surface area contributed by atoms with E-state index in [1.807, 2.05) is 6.92 Å². The predicted octanol–water partition coefficient (Wildman–Crippen LogP) is 3.43. The molecule has 2 rings (SSSR count). The monoisotopic (exact) mass is 284 g/mol. The third-order valence-electron chi connectivity index (χ3n) is 4.69. The summed E-state index contributed by atoms with van der Waals surface area (Å²) in [6.45, 7) is 2.39. The lowest BCUT2D eigenvalue weighted by Gasteiger charge is -2.43. The Morgan fingerprint density at radius 1 is 1.10 bits per heavy atom. The smallest absolute Gasteiger partial charge is 0.314 e. The second-order valence-electron chi connectivity index (χ2n) is 6.09. The SMILES string of the molecule is CO[C@]12CCC[C@H](CCCCCCCOC(=O)C1C)O2. The van der Waals surface area contributed by atoms with Gasteiger partial charge in [-0.05, 0) is 32.6 Å². The maximum absolute atomic E-state index is 12.2. The quantitative estimate of drug-likeness (QED) is 0.692. The third-order valence-corrected chi connectivity index (χ3v) is 4.69. The van der Waals surface area contributed by atoms with Gasteiger partial charge in [-0.15, -0.1) is 0 Å². The number of esters is 1. The van der Waals surface area contributed by atoms with Crippen LogP contribution in [0.2, 0.25) is 0 Å². The van der Waals surface area contributed by atoms with Crippen LogP contribution in [0, 0.1) is 5.92 Å². The minimum absolute atomic E-state index is 0.188. The van der Waals surface area contributed by atoms with E-state index in [-0.39, 0.29) is 18.0 Å². The van der Waals surface area contributed by atoms with E-state index in [0.29, 0.717) is 6.61 Å². The molecule has 0 spiro atoms. The fraction of sp³-hybridized carbons (Fsp3) is 0.938. The van der Waals surface area contributed by atoms with Crippen molar-refractivity contribution in [2.24, 2.45) is 5.92 Å². The molecule has 2 heterocycles. The van der Waals surface area contributed by atoms with E-state index in [2.05, 4.69) is 0 Å². The summed E-state index contributed by atoms with van der Waals surface area (Å²) in [5, 5.41) is 0. The highest BCUT2D eigenvalue weighted by Crippen LogP contribution is 2.38. The number of cyclic esters (lactones) is 1. The first-order chi connectivity index (χ1) is 9.68. The van der Waals surface area contributed by atoms with Crippen LogP contribution in [0.3, 0.4) is 0 Å². The van der Waals surface area contributed by atoms with Crippen LogP contribution in [0.5, 0.6) is 0 Å². The van der Waals surface area contributed by atoms with Crippen LogP contribution in [0.1, 0.15) is 64.7 Å². The molecule has 4 heteroatoms. The van der Waals surface area contributed by atoms with Gasteiger partial charge < -0.3 is 14.2 Å². The first kappa shape index (κ1) is 15.8. The molecule has 0 aromatic carbocycles. The Bertz CT molecular complexity index is 318. The Kier molecular flexibility index (Phi) is 5.85. The molecule has 0 aromatic heterocycles. The van der Waals surface area contributed by atoms with Crippen molar-refractivity contribution in [1.29, 1.82) is 0 Å². The Morgan fingerprint density at radius 2 is 1.80 bits per heavy atom. The molecule has 20 heavy (non-hydrogen) atoms. The maximum Gasteiger partial charge on any atom is 0.314 e. The summed E-state index contributed by atoms with van der Waals surface area (Å²) in [6.07, 6.45) is 9.96. The first-order valence-corrected chi connectivity index (χ1v) is 8.07. The first-order valence-electron chi connectivity index (χ1n) is 8.07. The van der Waals surface area contributed by atoms with Gasteiger partial charge in [-0.3, -0.25) is 4.79 Å². The zero-order valence-corrected chi connectivity index (χ0v) is 12.9. The topological polar surface area (TPSA) is 44.8 Å². The lowest BCUT2D eigenvalue weighted by Crippen LogP contribution is -2.50. The second-order valence-corrected chi connectivity index (χ2v) is 6.09. The van der Waals surface area contributed by atoms with Crippen LogP contribution in [-0.2, 0) is 19.0 Å². The van der Waals surface area contributed by atoms with Crippen LogP contribution < -0.4 is 0 Å². The normalized spacial score (nSPS) is 37.2. The van der Waals surface area contributed by atoms with E-state index >= 15 is 0 Å². The van der Waals surface area contributed by atoms with Gasteiger partial charge in [0.1, 0.15) is 5.92 Å². The number of fused-ring (bicyclic) bond motifs is 2. The van der Waals surface area contributed by atoms with Gasteiger partial charge in [-0.2, -0.15) is 0 Å². The van der Waals surface area contributed by atoms with Gasteiger partial charge in [0.05, 0.1) is 12.7 Å². The largest absolute Gasteiger partial charge is 0.465 e. The van der Waals surface area contributed by atoms with Crippen LogP contribution in [0.15, 0.2) is 0 Å². The lowest BCUT2D eigenvalue weighted by molar-refractivity contribution is -0.292. The summed E-state index contributed by atoms with van der Waals surface area (Å²) in [5.74, 6) is -1.34. The molecule has 0 saturated carbocycles. The standard InChI is InChI=1S/C16H28O4/c1-13-15(17)19-12-7-5-3-4-6-9-14-10-8-11-16(13,18-2)20-14/h13-14H,3-12H2,1-2H3/t13?,14-,16-/m0/s1. The molecule has 2 saturated heterocycles. The number of carbonyl (C=O) groups is 1. The Balaban J connectivity index is 2.10. The molecule has 2 aliphatic heterocycles. The highest BCUT2D eigenvalue weighted by Gasteiger charge is 2.46. The van der Waals surface area contributed by atoms with Gasteiger partial charge in [0.2, 0.25) is 0 Å². The van der Waals surface area contributed by atoms with Gasteiger partial charge in [-0.25, -0.2) is 0 Å². The fourth-order valence-electron chi connectivity index (χ4n) is 3.31. The van der Waals surface area contributed by atoms with E-state index < -0.39 is 5.79 Å². The molecule has 2 fully saturated rings. The van der Waals surface area contributed by atoms with E-state index in [0.717, 1.165) is 38.5 Å². The van der Waals surface area contributed by atoms with E-state index in [1.54, 1.807) is 7.11 Å². The van der Waals surface area contributed by atoms with Crippen LogP contribution >= 0.6 is 0 Å². The number of carbonyl (C=O) groups excluding carboxylic acids is 1. The van der Waals surface area contributed by atoms with Crippen molar-refractivity contribution in [3.8, 4) is 0 Å². The number of hydrogen-bond acceptors (Lipinski definition) is 4. The van der Waals surface area contributed by atoms with Crippen molar-refractivity contribution in [3.05, 3.63) is 0 Å². The average molecular weight is 284 g/mol. The van der Waals surface area contributed by atoms with Gasteiger partial charge in [0, 0.05) is 13.5 Å². The second kappa shape index (κ2) is 7.41. The van der Waals surface area contributed by atoms with Crippen molar-refractivity contribution >= 4 is 5.97 Å². The summed E-state index contributed by atoms with van der Waals surface area (Å²) in [5.41, 5.74) is 0. The van der Waals surface area contributed by atoms with Crippen molar-refractivity contribution in [1.82, 2.24) is 0 Å². The summed E-state index contributed by atoms with van der Waals surface area (Å²) < 4.78 is 17.2. The highest BCUT2D eigenvalue weighted by molar-refractivity contribution is 5.73. The van der Waals surface area contributed by atoms with Crippen molar-refractivity contribution < 1.29 is 19.0 Å². The zero-order valence-electron chi connectivity index (χ0n) is 12.9. The summed E-state index contributed by atoms with van der Waals surface area (Å²) in [7, 11) is 1.64. The fourth-order valence-corrected chi connectivity index (χ4v) is 3.31. The van der Waals surface area contributed by atoms with Crippen molar-refractivity contribution in [2.75, 3.05) is 13.7 Å². The predicted molar refractivity (Wildman–Crippen MR) is 76.3 cm³/mol. The molecule has 0 aliphatic carbocycles.